The molecule has 19 heavy (non-hydrogen) atoms. The molecule has 0 bridgehead atoms. The van der Waals surface area contributed by atoms with E-state index in [0.717, 1.165) is 19.3 Å². The van der Waals surface area contributed by atoms with E-state index in [1.165, 1.54) is 0 Å². The van der Waals surface area contributed by atoms with Crippen molar-refractivity contribution in [3.8, 4) is 0 Å². The average molecular weight is 262 g/mol. The molecule has 0 saturated carbocycles. The van der Waals surface area contributed by atoms with Crippen LogP contribution in [-0.4, -0.2) is 16.9 Å². The van der Waals surface area contributed by atoms with E-state index in [-0.39, 0.29) is 24.0 Å². The second-order valence-corrected chi connectivity index (χ2v) is 4.79. The summed E-state index contributed by atoms with van der Waals surface area (Å²) in [4.78, 5) is 22.1. The largest absolute Gasteiger partial charge is 0.481 e. The van der Waals surface area contributed by atoms with Gasteiger partial charge >= 0.3 is 5.97 Å². The SMILES string of the molecule is CC/C=C\C[C@@H]1C(=O)C=C[C@@H]1C/C=C\CCC(=O)O. The van der Waals surface area contributed by atoms with Gasteiger partial charge in [0.15, 0.2) is 5.78 Å². The van der Waals surface area contributed by atoms with Crippen LogP contribution in [0.2, 0.25) is 0 Å². The Bertz CT molecular complexity index is 391. The van der Waals surface area contributed by atoms with Gasteiger partial charge in [0.2, 0.25) is 0 Å². The number of carboxylic acid groups (broad SMARTS) is 1. The third-order valence-electron chi connectivity index (χ3n) is 3.28. The van der Waals surface area contributed by atoms with Gasteiger partial charge in [-0.25, -0.2) is 0 Å². The van der Waals surface area contributed by atoms with E-state index in [4.69, 9.17) is 5.11 Å². The van der Waals surface area contributed by atoms with Crippen LogP contribution in [0, 0.1) is 11.8 Å². The molecule has 0 spiro atoms. The molecule has 1 N–H and O–H groups in total. The summed E-state index contributed by atoms with van der Waals surface area (Å²) in [6.45, 7) is 2.08. The number of rotatable bonds is 8. The highest BCUT2D eigenvalue weighted by molar-refractivity contribution is 5.94. The number of hydrogen-bond donors (Lipinski definition) is 1. The fraction of sp³-hybridized carbons (Fsp3) is 0.500. The van der Waals surface area contributed by atoms with Crippen LogP contribution in [0.25, 0.3) is 0 Å². The monoisotopic (exact) mass is 262 g/mol. The van der Waals surface area contributed by atoms with Crippen molar-refractivity contribution in [3.05, 3.63) is 36.5 Å². The number of ketones is 1. The molecule has 0 heterocycles. The first kappa shape index (κ1) is 15.4. The summed E-state index contributed by atoms with van der Waals surface area (Å²) in [5, 5.41) is 8.52. The molecule has 104 valence electrons. The molecule has 3 heteroatoms. The van der Waals surface area contributed by atoms with Crippen LogP contribution >= 0.6 is 0 Å². The van der Waals surface area contributed by atoms with Gasteiger partial charge in [0, 0.05) is 12.3 Å². The standard InChI is InChI=1S/C16H22O3/c1-2-3-5-9-14-13(11-12-15(14)17)8-6-4-7-10-16(18)19/h3-6,11-14H,2,7-10H2,1H3,(H,18,19)/b5-3-,6-4-/t13-,14-/m0/s1. The molecule has 0 saturated heterocycles. The number of hydrogen-bond acceptors (Lipinski definition) is 2. The van der Waals surface area contributed by atoms with Crippen LogP contribution in [0.5, 0.6) is 0 Å². The number of aliphatic carboxylic acids is 1. The minimum absolute atomic E-state index is 0.0620. The van der Waals surface area contributed by atoms with E-state index in [1.54, 1.807) is 6.08 Å². The van der Waals surface area contributed by atoms with Crippen LogP contribution in [0.15, 0.2) is 36.5 Å². The molecule has 0 fully saturated rings. The van der Waals surface area contributed by atoms with Crippen molar-refractivity contribution in [1.29, 1.82) is 0 Å². The highest BCUT2D eigenvalue weighted by Crippen LogP contribution is 2.29. The maximum absolute atomic E-state index is 11.7. The second-order valence-electron chi connectivity index (χ2n) is 4.79. The van der Waals surface area contributed by atoms with Gasteiger partial charge in [0.1, 0.15) is 0 Å². The van der Waals surface area contributed by atoms with Crippen LogP contribution in [0.4, 0.5) is 0 Å². The smallest absolute Gasteiger partial charge is 0.303 e. The first-order chi connectivity index (χ1) is 9.15. The topological polar surface area (TPSA) is 54.4 Å². The van der Waals surface area contributed by atoms with E-state index < -0.39 is 5.97 Å². The predicted molar refractivity (Wildman–Crippen MR) is 75.8 cm³/mol. The first-order valence-corrected chi connectivity index (χ1v) is 6.89. The molecule has 0 aromatic carbocycles. The molecule has 0 unspecified atom stereocenters. The third-order valence-corrected chi connectivity index (χ3v) is 3.28. The zero-order valence-electron chi connectivity index (χ0n) is 11.4. The molecule has 0 aromatic rings. The highest BCUT2D eigenvalue weighted by Gasteiger charge is 2.27. The summed E-state index contributed by atoms with van der Waals surface area (Å²) in [5.41, 5.74) is 0. The minimum Gasteiger partial charge on any atom is -0.481 e. The Kier molecular flexibility index (Phi) is 6.86. The lowest BCUT2D eigenvalue weighted by molar-refractivity contribution is -0.136. The Morgan fingerprint density at radius 2 is 2.00 bits per heavy atom. The maximum atomic E-state index is 11.7. The summed E-state index contributed by atoms with van der Waals surface area (Å²) in [6, 6.07) is 0. The minimum atomic E-state index is -0.775. The second kappa shape index (κ2) is 8.46. The quantitative estimate of drug-likeness (QED) is 0.681. The zero-order chi connectivity index (χ0) is 14.1. The van der Waals surface area contributed by atoms with E-state index in [2.05, 4.69) is 19.1 Å². The number of carboxylic acids is 1. The first-order valence-electron chi connectivity index (χ1n) is 6.89. The van der Waals surface area contributed by atoms with E-state index in [9.17, 15) is 9.59 Å². The molecule has 1 rings (SSSR count). The van der Waals surface area contributed by atoms with E-state index >= 15 is 0 Å². The summed E-state index contributed by atoms with van der Waals surface area (Å²) < 4.78 is 0. The normalized spacial score (nSPS) is 22.9. The fourth-order valence-electron chi connectivity index (χ4n) is 2.21. The number of carbonyl (C=O) groups is 2. The van der Waals surface area contributed by atoms with Crippen molar-refractivity contribution in [2.24, 2.45) is 11.8 Å². The van der Waals surface area contributed by atoms with Gasteiger partial charge in [-0.05, 0) is 37.7 Å². The Labute approximate surface area is 114 Å². The Hall–Kier alpha value is -1.64. The third kappa shape index (κ3) is 5.69. The van der Waals surface area contributed by atoms with Gasteiger partial charge < -0.3 is 5.11 Å². The molecule has 0 aromatic heterocycles. The van der Waals surface area contributed by atoms with Crippen LogP contribution in [0.3, 0.4) is 0 Å². The molecule has 1 aliphatic rings. The Morgan fingerprint density at radius 3 is 2.68 bits per heavy atom. The van der Waals surface area contributed by atoms with Crippen molar-refractivity contribution in [3.63, 3.8) is 0 Å². The molecule has 2 atom stereocenters. The zero-order valence-corrected chi connectivity index (χ0v) is 11.4. The van der Waals surface area contributed by atoms with Gasteiger partial charge in [-0.15, -0.1) is 0 Å². The lowest BCUT2D eigenvalue weighted by Gasteiger charge is -2.14. The predicted octanol–water partition coefficient (Wildman–Crippen LogP) is 3.53. The molecule has 0 amide bonds. The van der Waals surface area contributed by atoms with Crippen LogP contribution in [0.1, 0.15) is 39.0 Å². The van der Waals surface area contributed by atoms with Crippen molar-refractivity contribution in [2.45, 2.75) is 39.0 Å². The summed E-state index contributed by atoms with van der Waals surface area (Å²) in [6.07, 6.45) is 15.0. The highest BCUT2D eigenvalue weighted by atomic mass is 16.4. The summed E-state index contributed by atoms with van der Waals surface area (Å²) in [7, 11) is 0. The van der Waals surface area contributed by atoms with E-state index in [0.29, 0.717) is 6.42 Å². The van der Waals surface area contributed by atoms with Crippen LogP contribution < -0.4 is 0 Å². The lowest BCUT2D eigenvalue weighted by atomic mass is 9.88. The van der Waals surface area contributed by atoms with Gasteiger partial charge in [-0.1, -0.05) is 37.3 Å². The molecular formula is C16H22O3. The van der Waals surface area contributed by atoms with Crippen molar-refractivity contribution in [2.75, 3.05) is 0 Å². The maximum Gasteiger partial charge on any atom is 0.303 e. The number of allylic oxidation sites excluding steroid dienone is 6. The molecule has 1 aliphatic carbocycles. The van der Waals surface area contributed by atoms with Gasteiger partial charge in [0.25, 0.3) is 0 Å². The summed E-state index contributed by atoms with van der Waals surface area (Å²) in [5.74, 6) is -0.241. The molecular weight excluding hydrogens is 240 g/mol. The average Bonchev–Trinajstić information content (AvgIpc) is 2.71. The van der Waals surface area contributed by atoms with Gasteiger partial charge in [-0.3, -0.25) is 9.59 Å². The molecule has 3 nitrogen and oxygen atoms in total. The Morgan fingerprint density at radius 1 is 1.26 bits per heavy atom. The summed E-state index contributed by atoms with van der Waals surface area (Å²) >= 11 is 0. The van der Waals surface area contributed by atoms with Crippen LogP contribution in [-0.2, 0) is 9.59 Å². The van der Waals surface area contributed by atoms with Crippen molar-refractivity contribution >= 4 is 11.8 Å². The molecule has 0 radical (unpaired) electrons. The van der Waals surface area contributed by atoms with E-state index in [1.807, 2.05) is 18.2 Å². The number of carbonyl (C=O) groups excluding carboxylic acids is 1. The lowest BCUT2D eigenvalue weighted by Crippen LogP contribution is -2.14. The fourth-order valence-corrected chi connectivity index (χ4v) is 2.21. The molecule has 0 aliphatic heterocycles. The van der Waals surface area contributed by atoms with Gasteiger partial charge in [-0.2, -0.15) is 0 Å². The Balaban J connectivity index is 2.38. The van der Waals surface area contributed by atoms with Crippen molar-refractivity contribution < 1.29 is 14.7 Å². The van der Waals surface area contributed by atoms with Crippen molar-refractivity contribution in [1.82, 2.24) is 0 Å². The van der Waals surface area contributed by atoms with Gasteiger partial charge in [0.05, 0.1) is 0 Å².